The fraction of sp³-hybridized carbons (Fsp3) is 1.00. The minimum absolute atomic E-state index is 0. The molecular weight excluding hydrogens is 370 g/mol. The van der Waals surface area contributed by atoms with Crippen LogP contribution in [0.15, 0.2) is 0 Å². The third kappa shape index (κ3) is 21.0. The first-order valence-electron chi connectivity index (χ1n) is 12.2. The van der Waals surface area contributed by atoms with Crippen LogP contribution in [0.5, 0.6) is 0 Å². The molecule has 0 bridgehead atoms. The Morgan fingerprint density at radius 2 is 0.963 bits per heavy atom. The predicted octanol–water partition coefficient (Wildman–Crippen LogP) is 3.75. The van der Waals surface area contributed by atoms with Crippen LogP contribution in [-0.2, 0) is 4.43 Å². The van der Waals surface area contributed by atoms with Gasteiger partial charge in [0, 0.05) is 6.61 Å². The molecule has 0 spiro atoms. The van der Waals surface area contributed by atoms with E-state index < -0.39 is 9.92 Å². The summed E-state index contributed by atoms with van der Waals surface area (Å²) in [6, 6.07) is 0. The molecule has 0 aliphatic heterocycles. The van der Waals surface area contributed by atoms with E-state index in [-0.39, 0.29) is 12.4 Å². The Bertz CT molecular complexity index is 243. The molecule has 1 aliphatic carbocycles. The predicted molar refractivity (Wildman–Crippen MR) is 121 cm³/mol. The van der Waals surface area contributed by atoms with E-state index >= 15 is 0 Å². The molecule has 0 aromatic rings. The Labute approximate surface area is 181 Å². The molecule has 166 valence electrons. The van der Waals surface area contributed by atoms with Crippen molar-refractivity contribution in [2.75, 3.05) is 26.2 Å². The molecule has 0 amide bonds. The van der Waals surface area contributed by atoms with Gasteiger partial charge in [-0.2, -0.15) is 0 Å². The van der Waals surface area contributed by atoms with Gasteiger partial charge >= 0.3 is 9.92 Å². The molecule has 0 saturated heterocycles. The van der Waals surface area contributed by atoms with Crippen LogP contribution in [0.4, 0.5) is 0 Å². The zero-order chi connectivity index (χ0) is 19.3. The van der Waals surface area contributed by atoms with Gasteiger partial charge in [0.05, 0.1) is 19.6 Å². The zero-order valence-corrected chi connectivity index (χ0v) is 21.5. The van der Waals surface area contributed by atoms with Crippen LogP contribution < -0.4 is 12.4 Å². The van der Waals surface area contributed by atoms with Crippen LogP contribution in [0, 0.1) is 0 Å². The third-order valence-corrected chi connectivity index (χ3v) is 7.47. The molecule has 0 aromatic heterocycles. The standard InChI is InChI=1S/C20H46NOSi.C3H6.ClH/c1-5-9-12-15-18-21(23-22-8-4,19-16-13-10-6-2)20-17-14-11-7-3;1-2-3-1;/h5-20,23H2,1-4H3;1-3H2;1H/q+1;;/p-1. The fourth-order valence-electron chi connectivity index (χ4n) is 3.44. The highest BCUT2D eigenvalue weighted by molar-refractivity contribution is 6.17. The lowest BCUT2D eigenvalue weighted by Gasteiger charge is -2.40. The summed E-state index contributed by atoms with van der Waals surface area (Å²) in [7, 11) is -0.447. The van der Waals surface area contributed by atoms with Gasteiger partial charge < -0.3 is 21.0 Å². The van der Waals surface area contributed by atoms with E-state index in [0.717, 1.165) is 6.61 Å². The number of rotatable bonds is 18. The van der Waals surface area contributed by atoms with Crippen molar-refractivity contribution >= 4 is 9.92 Å². The first-order valence-corrected chi connectivity index (χ1v) is 13.4. The summed E-state index contributed by atoms with van der Waals surface area (Å²) >= 11 is 0. The van der Waals surface area contributed by atoms with Crippen molar-refractivity contribution in [2.24, 2.45) is 0 Å². The van der Waals surface area contributed by atoms with Crippen LogP contribution in [0.2, 0.25) is 0 Å². The van der Waals surface area contributed by atoms with E-state index in [4.69, 9.17) is 4.43 Å². The molecule has 1 fully saturated rings. The summed E-state index contributed by atoms with van der Waals surface area (Å²) in [5, 5.41) is 0. The molecule has 0 atom stereocenters. The maximum Gasteiger partial charge on any atom is 0.406 e. The summed E-state index contributed by atoms with van der Waals surface area (Å²) < 4.78 is 7.45. The summed E-state index contributed by atoms with van der Waals surface area (Å²) in [5.74, 6) is 0. The first kappa shape index (κ1) is 29.6. The zero-order valence-electron chi connectivity index (χ0n) is 19.4. The van der Waals surface area contributed by atoms with Crippen LogP contribution in [-0.4, -0.2) is 40.3 Å². The number of hydrogen-bond donors (Lipinski definition) is 0. The average molecular weight is 422 g/mol. The van der Waals surface area contributed by atoms with Gasteiger partial charge in [-0.25, -0.2) is 0 Å². The van der Waals surface area contributed by atoms with Crippen LogP contribution in [0.1, 0.15) is 124 Å². The van der Waals surface area contributed by atoms with E-state index in [0.29, 0.717) is 0 Å². The van der Waals surface area contributed by atoms with Crippen LogP contribution in [0.3, 0.4) is 0 Å². The molecule has 1 aliphatic rings. The molecule has 0 radical (unpaired) electrons. The summed E-state index contributed by atoms with van der Waals surface area (Å²) in [6.07, 6.45) is 21.2. The Morgan fingerprint density at radius 3 is 1.22 bits per heavy atom. The SMILES string of the molecule is C1CC1.CCCCCC[N+](CCCCCC)(CCCCCC)[SiH2]OCC.[Cl-]. The molecule has 1 saturated carbocycles. The van der Waals surface area contributed by atoms with Crippen molar-refractivity contribution in [3.63, 3.8) is 0 Å². The molecular formula is C23H52ClNOSi. The van der Waals surface area contributed by atoms with Gasteiger partial charge in [-0.05, 0) is 45.4 Å². The molecule has 27 heavy (non-hydrogen) atoms. The molecule has 4 heteroatoms. The lowest BCUT2D eigenvalue weighted by Crippen LogP contribution is -3.00. The Morgan fingerprint density at radius 1 is 0.593 bits per heavy atom. The lowest BCUT2D eigenvalue weighted by atomic mass is 10.1. The smallest absolute Gasteiger partial charge is 0.406 e. The van der Waals surface area contributed by atoms with E-state index in [1.165, 1.54) is 120 Å². The second kappa shape index (κ2) is 22.7. The largest absolute Gasteiger partial charge is 1.00 e. The number of unbranched alkanes of at least 4 members (excludes halogenated alkanes) is 9. The second-order valence-corrected chi connectivity index (χ2v) is 10.4. The number of halogens is 1. The van der Waals surface area contributed by atoms with Crippen LogP contribution in [0.25, 0.3) is 0 Å². The van der Waals surface area contributed by atoms with Crippen molar-refractivity contribution in [1.82, 2.24) is 0 Å². The molecule has 0 heterocycles. The van der Waals surface area contributed by atoms with E-state index in [1.807, 2.05) is 0 Å². The lowest BCUT2D eigenvalue weighted by molar-refractivity contribution is -0.830. The minimum atomic E-state index is -0.447. The average Bonchev–Trinajstić information content (AvgIpc) is 3.53. The maximum absolute atomic E-state index is 6.08. The minimum Gasteiger partial charge on any atom is -1.00 e. The van der Waals surface area contributed by atoms with Crippen LogP contribution >= 0.6 is 0 Å². The van der Waals surface area contributed by atoms with Crippen molar-refractivity contribution in [2.45, 2.75) is 124 Å². The Balaban J connectivity index is 0. The number of hydrogen-bond acceptors (Lipinski definition) is 1. The normalized spacial score (nSPS) is 13.3. The summed E-state index contributed by atoms with van der Waals surface area (Å²) in [6.45, 7) is 14.2. The monoisotopic (exact) mass is 421 g/mol. The first-order chi connectivity index (χ1) is 12.7. The van der Waals surface area contributed by atoms with E-state index in [1.54, 1.807) is 0 Å². The highest BCUT2D eigenvalue weighted by atomic mass is 35.5. The van der Waals surface area contributed by atoms with Crippen molar-refractivity contribution in [3.8, 4) is 0 Å². The maximum atomic E-state index is 6.08. The van der Waals surface area contributed by atoms with E-state index in [2.05, 4.69) is 27.7 Å². The molecule has 0 aromatic carbocycles. The van der Waals surface area contributed by atoms with Gasteiger partial charge in [0.25, 0.3) is 0 Å². The van der Waals surface area contributed by atoms with E-state index in [9.17, 15) is 0 Å². The second-order valence-electron chi connectivity index (χ2n) is 8.38. The summed E-state index contributed by atoms with van der Waals surface area (Å²) in [5.41, 5.74) is 0. The number of nitrogens with zero attached hydrogens (tertiary/aromatic N) is 1. The Kier molecular flexibility index (Phi) is 24.9. The quantitative estimate of drug-likeness (QED) is 0.242. The Hall–Kier alpha value is 0.427. The van der Waals surface area contributed by atoms with Gasteiger partial charge in [-0.15, -0.1) is 0 Å². The summed E-state index contributed by atoms with van der Waals surface area (Å²) in [4.78, 5) is 0. The van der Waals surface area contributed by atoms with Crippen molar-refractivity contribution in [1.29, 1.82) is 0 Å². The topological polar surface area (TPSA) is 9.23 Å². The molecule has 0 N–H and O–H groups in total. The molecule has 2 nitrogen and oxygen atoms in total. The van der Waals surface area contributed by atoms with Gasteiger partial charge in [0.15, 0.2) is 0 Å². The molecule has 1 rings (SSSR count). The van der Waals surface area contributed by atoms with Crippen molar-refractivity contribution < 1.29 is 21.0 Å². The highest BCUT2D eigenvalue weighted by Gasteiger charge is 2.26. The van der Waals surface area contributed by atoms with Crippen molar-refractivity contribution in [3.05, 3.63) is 0 Å². The van der Waals surface area contributed by atoms with Gasteiger partial charge in [-0.1, -0.05) is 78.6 Å². The number of quaternary nitrogens is 1. The third-order valence-electron chi connectivity index (χ3n) is 5.38. The van der Waals surface area contributed by atoms with Gasteiger partial charge in [0.1, 0.15) is 0 Å². The fourth-order valence-corrected chi connectivity index (χ4v) is 5.06. The van der Waals surface area contributed by atoms with Gasteiger partial charge in [0.2, 0.25) is 0 Å². The van der Waals surface area contributed by atoms with Gasteiger partial charge in [-0.3, -0.25) is 0 Å². The molecule has 0 unspecified atom stereocenters. The highest BCUT2D eigenvalue weighted by Crippen LogP contribution is 2.16.